The van der Waals surface area contributed by atoms with E-state index in [4.69, 9.17) is 0 Å². The van der Waals surface area contributed by atoms with Gasteiger partial charge in [-0.15, -0.1) is 0 Å². The number of rotatable bonds is 4. The number of hydrogen-bond donors (Lipinski definition) is 1. The molecule has 0 aromatic heterocycles. The molecule has 0 bridgehead atoms. The molecule has 0 saturated carbocycles. The van der Waals surface area contributed by atoms with E-state index in [1.54, 1.807) is 12.1 Å². The van der Waals surface area contributed by atoms with E-state index in [-0.39, 0.29) is 5.91 Å². The minimum atomic E-state index is -0.109. The first-order chi connectivity index (χ1) is 11.2. The largest absolute Gasteiger partial charge is 0.322 e. The van der Waals surface area contributed by atoms with Crippen LogP contribution in [0.2, 0.25) is 0 Å². The van der Waals surface area contributed by atoms with Crippen LogP contribution in [-0.4, -0.2) is 5.91 Å². The number of hydrogen-bond acceptors (Lipinski definition) is 1. The van der Waals surface area contributed by atoms with Crippen molar-refractivity contribution in [1.29, 1.82) is 0 Å². The fourth-order valence-electron chi connectivity index (χ4n) is 2.37. The van der Waals surface area contributed by atoms with Crippen LogP contribution < -0.4 is 5.32 Å². The normalized spacial score (nSPS) is 10.3. The second-order valence-corrected chi connectivity index (χ2v) is 6.24. The minimum absolute atomic E-state index is 0.109. The molecule has 1 N–H and O–H groups in total. The number of anilines is 1. The first kappa shape index (κ1) is 15.5. The summed E-state index contributed by atoms with van der Waals surface area (Å²) < 4.78 is 0.892. The number of benzene rings is 3. The summed E-state index contributed by atoms with van der Waals surface area (Å²) in [6.45, 7) is 0. The summed E-state index contributed by atoms with van der Waals surface area (Å²) in [5.41, 5.74) is 3.93. The van der Waals surface area contributed by atoms with Gasteiger partial charge in [0.25, 0.3) is 5.91 Å². The first-order valence-corrected chi connectivity index (χ1v) is 8.20. The first-order valence-electron chi connectivity index (χ1n) is 7.40. The van der Waals surface area contributed by atoms with Crippen molar-refractivity contribution in [1.82, 2.24) is 0 Å². The van der Waals surface area contributed by atoms with Gasteiger partial charge in [-0.2, -0.15) is 0 Å². The van der Waals surface area contributed by atoms with E-state index in [0.29, 0.717) is 5.56 Å². The summed E-state index contributed by atoms with van der Waals surface area (Å²) in [6, 6.07) is 25.6. The number of nitrogens with one attached hydrogen (secondary N) is 1. The maximum Gasteiger partial charge on any atom is 0.255 e. The average molecular weight is 366 g/mol. The summed E-state index contributed by atoms with van der Waals surface area (Å²) >= 11 is 3.38. The Bertz CT molecular complexity index is 797. The summed E-state index contributed by atoms with van der Waals surface area (Å²) in [6.07, 6.45) is 0.890. The molecule has 0 fully saturated rings. The van der Waals surface area contributed by atoms with Gasteiger partial charge in [0.05, 0.1) is 0 Å². The molecule has 0 spiro atoms. The number of carbonyl (C=O) groups excluding carboxylic acids is 1. The molecule has 0 saturated heterocycles. The lowest BCUT2D eigenvalue weighted by atomic mass is 10.0. The van der Waals surface area contributed by atoms with Gasteiger partial charge in [-0.1, -0.05) is 64.5 Å². The highest BCUT2D eigenvalue weighted by atomic mass is 79.9. The molecule has 23 heavy (non-hydrogen) atoms. The molecule has 114 valence electrons. The van der Waals surface area contributed by atoms with E-state index in [0.717, 1.165) is 16.6 Å². The quantitative estimate of drug-likeness (QED) is 0.668. The summed E-state index contributed by atoms with van der Waals surface area (Å²) in [7, 11) is 0. The Hall–Kier alpha value is -2.39. The molecule has 2 nitrogen and oxygen atoms in total. The van der Waals surface area contributed by atoms with Crippen molar-refractivity contribution >= 4 is 27.5 Å². The Morgan fingerprint density at radius 1 is 0.826 bits per heavy atom. The molecule has 3 rings (SSSR count). The standard InChI is InChI=1S/C20H16BrNO/c21-18-8-4-7-17(14-18)20(23)22-19-11-9-16(10-12-19)13-15-5-2-1-3-6-15/h1-12,14H,13H2,(H,22,23). The van der Waals surface area contributed by atoms with Crippen molar-refractivity contribution in [2.45, 2.75) is 6.42 Å². The molecule has 0 aliphatic rings. The van der Waals surface area contributed by atoms with Crippen molar-refractivity contribution < 1.29 is 4.79 Å². The Balaban J connectivity index is 1.67. The second kappa shape index (κ2) is 7.25. The van der Waals surface area contributed by atoms with Crippen molar-refractivity contribution in [2.75, 3.05) is 5.32 Å². The van der Waals surface area contributed by atoms with Crippen molar-refractivity contribution in [2.24, 2.45) is 0 Å². The zero-order valence-electron chi connectivity index (χ0n) is 12.5. The van der Waals surface area contributed by atoms with Crippen molar-refractivity contribution in [3.05, 3.63) is 100 Å². The Morgan fingerprint density at radius 3 is 2.22 bits per heavy atom. The van der Waals surface area contributed by atoms with E-state index in [2.05, 4.69) is 33.4 Å². The predicted octanol–water partition coefficient (Wildman–Crippen LogP) is 5.29. The van der Waals surface area contributed by atoms with Crippen LogP contribution in [-0.2, 0) is 6.42 Å². The molecule has 3 aromatic carbocycles. The lowest BCUT2D eigenvalue weighted by molar-refractivity contribution is 0.102. The highest BCUT2D eigenvalue weighted by molar-refractivity contribution is 9.10. The molecule has 0 atom stereocenters. The predicted molar refractivity (Wildman–Crippen MR) is 97.8 cm³/mol. The van der Waals surface area contributed by atoms with Gasteiger partial charge in [-0.25, -0.2) is 0 Å². The van der Waals surface area contributed by atoms with Crippen LogP contribution in [0, 0.1) is 0 Å². The van der Waals surface area contributed by atoms with Gasteiger partial charge in [0, 0.05) is 15.7 Å². The Labute approximate surface area is 144 Å². The van der Waals surface area contributed by atoms with Crippen LogP contribution in [0.15, 0.2) is 83.3 Å². The van der Waals surface area contributed by atoms with Gasteiger partial charge in [-0.05, 0) is 47.9 Å². The maximum absolute atomic E-state index is 12.2. The van der Waals surface area contributed by atoms with Gasteiger partial charge in [0.2, 0.25) is 0 Å². The third-order valence-corrected chi connectivity index (χ3v) is 4.04. The smallest absolute Gasteiger partial charge is 0.255 e. The Kier molecular flexibility index (Phi) is 4.89. The third kappa shape index (κ3) is 4.30. The number of halogens is 1. The van der Waals surface area contributed by atoms with Gasteiger partial charge < -0.3 is 5.32 Å². The molecular formula is C20H16BrNO. The molecule has 1 amide bonds. The van der Waals surface area contributed by atoms with Gasteiger partial charge in [0.1, 0.15) is 0 Å². The van der Waals surface area contributed by atoms with Crippen LogP contribution in [0.5, 0.6) is 0 Å². The molecule has 3 aromatic rings. The van der Waals surface area contributed by atoms with E-state index < -0.39 is 0 Å². The van der Waals surface area contributed by atoms with E-state index in [1.807, 2.05) is 54.6 Å². The molecule has 0 aliphatic heterocycles. The van der Waals surface area contributed by atoms with Crippen LogP contribution in [0.1, 0.15) is 21.5 Å². The molecular weight excluding hydrogens is 350 g/mol. The van der Waals surface area contributed by atoms with Crippen LogP contribution in [0.3, 0.4) is 0 Å². The average Bonchev–Trinajstić information content (AvgIpc) is 2.57. The van der Waals surface area contributed by atoms with Crippen LogP contribution in [0.4, 0.5) is 5.69 Å². The highest BCUT2D eigenvalue weighted by Gasteiger charge is 2.06. The summed E-state index contributed by atoms with van der Waals surface area (Å²) in [5.74, 6) is -0.109. The van der Waals surface area contributed by atoms with E-state index in [1.165, 1.54) is 11.1 Å². The molecule has 0 radical (unpaired) electrons. The second-order valence-electron chi connectivity index (χ2n) is 5.32. The zero-order valence-corrected chi connectivity index (χ0v) is 14.1. The van der Waals surface area contributed by atoms with Gasteiger partial charge in [-0.3, -0.25) is 4.79 Å². The van der Waals surface area contributed by atoms with Crippen molar-refractivity contribution in [3.63, 3.8) is 0 Å². The lowest BCUT2D eigenvalue weighted by Gasteiger charge is -2.07. The third-order valence-electron chi connectivity index (χ3n) is 3.55. The van der Waals surface area contributed by atoms with E-state index >= 15 is 0 Å². The van der Waals surface area contributed by atoms with Gasteiger partial charge in [0.15, 0.2) is 0 Å². The number of amides is 1. The topological polar surface area (TPSA) is 29.1 Å². The monoisotopic (exact) mass is 365 g/mol. The fraction of sp³-hybridized carbons (Fsp3) is 0.0500. The lowest BCUT2D eigenvalue weighted by Crippen LogP contribution is -2.11. The SMILES string of the molecule is O=C(Nc1ccc(Cc2ccccc2)cc1)c1cccc(Br)c1. The van der Waals surface area contributed by atoms with Gasteiger partial charge >= 0.3 is 0 Å². The summed E-state index contributed by atoms with van der Waals surface area (Å²) in [4.78, 5) is 12.2. The molecule has 0 unspecified atom stereocenters. The fourth-order valence-corrected chi connectivity index (χ4v) is 2.77. The molecule has 3 heteroatoms. The summed E-state index contributed by atoms with van der Waals surface area (Å²) in [5, 5.41) is 2.92. The molecule has 0 aliphatic carbocycles. The molecule has 0 heterocycles. The van der Waals surface area contributed by atoms with E-state index in [9.17, 15) is 4.79 Å². The van der Waals surface area contributed by atoms with Crippen LogP contribution >= 0.6 is 15.9 Å². The van der Waals surface area contributed by atoms with Crippen molar-refractivity contribution in [3.8, 4) is 0 Å². The maximum atomic E-state index is 12.2. The van der Waals surface area contributed by atoms with Crippen LogP contribution in [0.25, 0.3) is 0 Å². The zero-order chi connectivity index (χ0) is 16.1. The highest BCUT2D eigenvalue weighted by Crippen LogP contribution is 2.16. The minimum Gasteiger partial charge on any atom is -0.322 e. The Morgan fingerprint density at radius 2 is 1.52 bits per heavy atom. The number of carbonyl (C=O) groups is 1.